The van der Waals surface area contributed by atoms with E-state index in [1.807, 2.05) is 0 Å². The zero-order valence-corrected chi connectivity index (χ0v) is 6.02. The highest BCUT2D eigenvalue weighted by atomic mass is 16.6. The molecule has 6 nitrogen and oxygen atoms in total. The fraction of sp³-hybridized carbons (Fsp3) is 0.600. The van der Waals surface area contributed by atoms with E-state index in [0.29, 0.717) is 0 Å². The lowest BCUT2D eigenvalue weighted by Gasteiger charge is -1.99. The molecule has 0 aromatic heterocycles. The van der Waals surface area contributed by atoms with E-state index in [9.17, 15) is 20.2 Å². The van der Waals surface area contributed by atoms with E-state index in [0.717, 1.165) is 0 Å². The van der Waals surface area contributed by atoms with Gasteiger partial charge >= 0.3 is 0 Å². The Morgan fingerprint density at radius 3 is 2.27 bits per heavy atom. The maximum absolute atomic E-state index is 10.00. The zero-order valence-electron chi connectivity index (χ0n) is 6.02. The molecule has 6 heteroatoms. The first-order valence-electron chi connectivity index (χ1n) is 2.90. The van der Waals surface area contributed by atoms with E-state index in [1.165, 1.54) is 6.92 Å². The minimum Gasteiger partial charge on any atom is -0.264 e. The predicted octanol–water partition coefficient (Wildman–Crippen LogP) is 0.832. The monoisotopic (exact) mass is 160 g/mol. The Morgan fingerprint density at radius 2 is 2.00 bits per heavy atom. The van der Waals surface area contributed by atoms with E-state index < -0.39 is 15.9 Å². The van der Waals surface area contributed by atoms with Gasteiger partial charge in [0.05, 0.1) is 4.92 Å². The van der Waals surface area contributed by atoms with Gasteiger partial charge in [-0.3, -0.25) is 20.2 Å². The van der Waals surface area contributed by atoms with Crippen molar-refractivity contribution in [3.8, 4) is 0 Å². The van der Waals surface area contributed by atoms with Crippen molar-refractivity contribution in [2.24, 2.45) is 0 Å². The highest BCUT2D eigenvalue weighted by Crippen LogP contribution is 2.05. The fourth-order valence-electron chi connectivity index (χ4n) is 0.490. The summed E-state index contributed by atoms with van der Waals surface area (Å²) in [6.45, 7) is 4.37. The van der Waals surface area contributed by atoms with Crippen LogP contribution < -0.4 is 0 Å². The Morgan fingerprint density at radius 1 is 1.55 bits per heavy atom. The van der Waals surface area contributed by atoms with Gasteiger partial charge in [0.15, 0.2) is 0 Å². The molecule has 0 aromatic carbocycles. The molecule has 0 bridgehead atoms. The molecule has 1 unspecified atom stereocenters. The van der Waals surface area contributed by atoms with Crippen LogP contribution in [0.2, 0.25) is 0 Å². The van der Waals surface area contributed by atoms with Gasteiger partial charge in [0.25, 0.3) is 0 Å². The van der Waals surface area contributed by atoms with Crippen molar-refractivity contribution in [3.63, 3.8) is 0 Å². The van der Waals surface area contributed by atoms with Crippen molar-refractivity contribution in [1.82, 2.24) is 0 Å². The zero-order chi connectivity index (χ0) is 9.02. The Bertz CT molecular complexity index is 201. The summed E-state index contributed by atoms with van der Waals surface area (Å²) in [5, 5.41) is 19.9. The van der Waals surface area contributed by atoms with Crippen molar-refractivity contribution in [1.29, 1.82) is 0 Å². The summed E-state index contributed by atoms with van der Waals surface area (Å²) in [6, 6.07) is -0.937. The van der Waals surface area contributed by atoms with Crippen LogP contribution in [0.5, 0.6) is 0 Å². The Labute approximate surface area is 62.8 Å². The van der Waals surface area contributed by atoms with Crippen LogP contribution in [0.15, 0.2) is 12.3 Å². The summed E-state index contributed by atoms with van der Waals surface area (Å²) in [5.41, 5.74) is -0.325. The minimum absolute atomic E-state index is 0.208. The molecule has 0 radical (unpaired) electrons. The second-order valence-corrected chi connectivity index (χ2v) is 2.16. The molecule has 0 aliphatic rings. The van der Waals surface area contributed by atoms with E-state index in [4.69, 9.17) is 0 Å². The molecule has 0 aliphatic heterocycles. The second kappa shape index (κ2) is 3.65. The molecule has 0 spiro atoms. The van der Waals surface area contributed by atoms with Gasteiger partial charge in [0, 0.05) is 11.8 Å². The van der Waals surface area contributed by atoms with Crippen molar-refractivity contribution in [3.05, 3.63) is 32.5 Å². The normalized spacial score (nSPS) is 12.1. The molecule has 0 amide bonds. The third kappa shape index (κ3) is 3.29. The van der Waals surface area contributed by atoms with Crippen LogP contribution in [0.4, 0.5) is 0 Å². The van der Waals surface area contributed by atoms with Gasteiger partial charge in [0.2, 0.25) is 11.7 Å². The lowest BCUT2D eigenvalue weighted by molar-refractivity contribution is -0.525. The van der Waals surface area contributed by atoms with Crippen molar-refractivity contribution >= 4 is 0 Å². The van der Waals surface area contributed by atoms with E-state index in [-0.39, 0.29) is 12.1 Å². The highest BCUT2D eigenvalue weighted by Gasteiger charge is 2.20. The highest BCUT2D eigenvalue weighted by molar-refractivity contribution is 4.82. The third-order valence-corrected chi connectivity index (χ3v) is 1.15. The molecule has 0 aromatic rings. The first-order chi connectivity index (χ1) is 4.95. The minimum atomic E-state index is -0.937. The number of nitro groups is 2. The maximum atomic E-state index is 10.00. The molecule has 0 fully saturated rings. The topological polar surface area (TPSA) is 86.3 Å². The van der Waals surface area contributed by atoms with Crippen LogP contribution >= 0.6 is 0 Å². The summed E-state index contributed by atoms with van der Waals surface area (Å²) < 4.78 is 0. The summed E-state index contributed by atoms with van der Waals surface area (Å²) in [4.78, 5) is 18.7. The average Bonchev–Trinajstić information content (AvgIpc) is 1.87. The lowest BCUT2D eigenvalue weighted by atomic mass is 10.2. The molecule has 0 heterocycles. The number of nitrogens with zero attached hydrogens (tertiary/aromatic N) is 2. The van der Waals surface area contributed by atoms with Crippen LogP contribution in [0.1, 0.15) is 13.3 Å². The second-order valence-electron chi connectivity index (χ2n) is 2.16. The largest absolute Gasteiger partial charge is 0.264 e. The summed E-state index contributed by atoms with van der Waals surface area (Å²) in [6.07, 6.45) is -0.208. The van der Waals surface area contributed by atoms with Gasteiger partial charge in [-0.1, -0.05) is 0 Å². The van der Waals surface area contributed by atoms with Crippen molar-refractivity contribution < 1.29 is 9.85 Å². The summed E-state index contributed by atoms with van der Waals surface area (Å²) in [5.74, 6) is 0. The van der Waals surface area contributed by atoms with Gasteiger partial charge < -0.3 is 0 Å². The van der Waals surface area contributed by atoms with Crippen molar-refractivity contribution in [2.75, 3.05) is 0 Å². The molecule has 1 atom stereocenters. The molecule has 0 aliphatic carbocycles. The van der Waals surface area contributed by atoms with Crippen LogP contribution in [0, 0.1) is 20.2 Å². The standard InChI is InChI=1S/C5H8N2O4/c1-4(6(8)9)3-5(2)7(10)11/h5H,1,3H2,2H3. The molecule has 0 rings (SSSR count). The molecular weight excluding hydrogens is 152 g/mol. The predicted molar refractivity (Wildman–Crippen MR) is 37.2 cm³/mol. The Hall–Kier alpha value is -1.46. The first kappa shape index (κ1) is 9.54. The molecule has 0 N–H and O–H groups in total. The van der Waals surface area contributed by atoms with E-state index in [2.05, 4.69) is 6.58 Å². The van der Waals surface area contributed by atoms with Crippen LogP contribution in [-0.2, 0) is 0 Å². The number of hydrogen-bond donors (Lipinski definition) is 0. The number of rotatable bonds is 4. The molecule has 0 saturated heterocycles. The fourth-order valence-corrected chi connectivity index (χ4v) is 0.490. The maximum Gasteiger partial charge on any atom is 0.246 e. The molecular formula is C5H8N2O4. The number of hydrogen-bond acceptors (Lipinski definition) is 4. The third-order valence-electron chi connectivity index (χ3n) is 1.15. The van der Waals surface area contributed by atoms with Gasteiger partial charge in [0.1, 0.15) is 6.42 Å². The smallest absolute Gasteiger partial charge is 0.246 e. The van der Waals surface area contributed by atoms with Gasteiger partial charge in [-0.25, -0.2) is 0 Å². The Kier molecular flexibility index (Phi) is 3.16. The lowest BCUT2D eigenvalue weighted by Crippen LogP contribution is -2.17. The van der Waals surface area contributed by atoms with E-state index in [1.54, 1.807) is 0 Å². The average molecular weight is 160 g/mol. The SMILES string of the molecule is C=C(CC(C)[N+](=O)[O-])[N+](=O)[O-]. The van der Waals surface area contributed by atoms with Gasteiger partial charge in [-0.2, -0.15) is 0 Å². The Balaban J connectivity index is 3.95. The summed E-state index contributed by atoms with van der Waals surface area (Å²) >= 11 is 0. The molecule has 62 valence electrons. The summed E-state index contributed by atoms with van der Waals surface area (Å²) in [7, 11) is 0. The molecule has 0 saturated carbocycles. The van der Waals surface area contributed by atoms with Gasteiger partial charge in [-0.15, -0.1) is 0 Å². The van der Waals surface area contributed by atoms with Crippen LogP contribution in [-0.4, -0.2) is 15.9 Å². The first-order valence-corrected chi connectivity index (χ1v) is 2.90. The van der Waals surface area contributed by atoms with Crippen LogP contribution in [0.3, 0.4) is 0 Å². The quantitative estimate of drug-likeness (QED) is 0.450. The van der Waals surface area contributed by atoms with Crippen molar-refractivity contribution in [2.45, 2.75) is 19.4 Å². The molecule has 11 heavy (non-hydrogen) atoms. The van der Waals surface area contributed by atoms with Gasteiger partial charge in [-0.05, 0) is 6.58 Å². The van der Waals surface area contributed by atoms with Crippen LogP contribution in [0.25, 0.3) is 0 Å². The van der Waals surface area contributed by atoms with E-state index >= 15 is 0 Å².